The number of methoxy groups -OCH3 is 1. The number of aromatic nitrogens is 1. The predicted molar refractivity (Wildman–Crippen MR) is 126 cm³/mol. The van der Waals surface area contributed by atoms with Gasteiger partial charge in [0.2, 0.25) is 0 Å². The van der Waals surface area contributed by atoms with Gasteiger partial charge >= 0.3 is 0 Å². The van der Waals surface area contributed by atoms with Gasteiger partial charge in [-0.3, -0.25) is 4.79 Å². The molecule has 32 heavy (non-hydrogen) atoms. The highest BCUT2D eigenvalue weighted by Gasteiger charge is 2.19. The van der Waals surface area contributed by atoms with E-state index in [2.05, 4.69) is 34.3 Å². The summed E-state index contributed by atoms with van der Waals surface area (Å²) < 4.78 is 10.9. The number of hydrogen-bond donors (Lipinski definition) is 1. The molecule has 1 N–H and O–H groups in total. The van der Waals surface area contributed by atoms with E-state index in [1.807, 2.05) is 42.5 Å². The topological polar surface area (TPSA) is 63.7 Å². The fraction of sp³-hybridized carbons (Fsp3) is 0.308. The van der Waals surface area contributed by atoms with Crippen LogP contribution >= 0.6 is 0 Å². The highest BCUT2D eigenvalue weighted by molar-refractivity contribution is 6.01. The normalized spacial score (nSPS) is 13.6. The highest BCUT2D eigenvalue weighted by Crippen LogP contribution is 2.30. The first kappa shape index (κ1) is 21.8. The van der Waals surface area contributed by atoms with E-state index in [0.29, 0.717) is 31.7 Å². The van der Waals surface area contributed by atoms with Crippen LogP contribution < -0.4 is 15.0 Å². The Bertz CT molecular complexity index is 1080. The number of ether oxygens (including phenoxy) is 2. The Morgan fingerprint density at radius 1 is 1.09 bits per heavy atom. The van der Waals surface area contributed by atoms with Crippen molar-refractivity contribution in [2.24, 2.45) is 0 Å². The Labute approximate surface area is 189 Å². The van der Waals surface area contributed by atoms with Crippen molar-refractivity contribution in [1.29, 1.82) is 0 Å². The second-order valence-corrected chi connectivity index (χ2v) is 7.82. The van der Waals surface area contributed by atoms with E-state index in [0.717, 1.165) is 46.9 Å². The van der Waals surface area contributed by atoms with E-state index in [9.17, 15) is 4.79 Å². The second-order valence-electron chi connectivity index (χ2n) is 7.82. The zero-order chi connectivity index (χ0) is 22.3. The van der Waals surface area contributed by atoms with Crippen LogP contribution in [0.15, 0.2) is 60.8 Å². The number of pyridine rings is 1. The molecule has 1 amide bonds. The quantitative estimate of drug-likeness (QED) is 0.615. The van der Waals surface area contributed by atoms with Crippen LogP contribution in [-0.2, 0) is 11.2 Å². The lowest BCUT2D eigenvalue weighted by Gasteiger charge is -2.28. The molecule has 4 rings (SSSR count). The molecule has 0 atom stereocenters. The van der Waals surface area contributed by atoms with Crippen LogP contribution in [0.2, 0.25) is 0 Å². The van der Waals surface area contributed by atoms with Crippen LogP contribution in [0.25, 0.3) is 11.1 Å². The average molecular weight is 432 g/mol. The summed E-state index contributed by atoms with van der Waals surface area (Å²) in [6.07, 6.45) is 2.39. The number of amides is 1. The summed E-state index contributed by atoms with van der Waals surface area (Å²) in [4.78, 5) is 20.0. The largest absolute Gasteiger partial charge is 0.496 e. The Balaban J connectivity index is 1.57. The summed E-state index contributed by atoms with van der Waals surface area (Å²) >= 11 is 0. The lowest BCUT2D eigenvalue weighted by atomic mass is 9.96. The van der Waals surface area contributed by atoms with Crippen molar-refractivity contribution >= 4 is 11.7 Å². The van der Waals surface area contributed by atoms with E-state index in [4.69, 9.17) is 9.47 Å². The summed E-state index contributed by atoms with van der Waals surface area (Å²) in [5.41, 5.74) is 4.70. The molecule has 2 aromatic carbocycles. The third-order valence-electron chi connectivity index (χ3n) is 5.78. The van der Waals surface area contributed by atoms with Gasteiger partial charge in [0.25, 0.3) is 5.91 Å². The van der Waals surface area contributed by atoms with Gasteiger partial charge in [0.1, 0.15) is 11.6 Å². The van der Waals surface area contributed by atoms with Crippen molar-refractivity contribution in [2.75, 3.05) is 44.9 Å². The maximum atomic E-state index is 13.2. The standard InChI is InChI=1S/C26H29N3O3/c1-19-7-3-5-9-21(19)22-17-25(29-13-15-32-16-14-29)28-18-23(22)26(30)27-12-11-20-8-4-6-10-24(20)31-2/h3-10,17-18H,11-16H2,1-2H3,(H,27,30). The lowest BCUT2D eigenvalue weighted by Crippen LogP contribution is -2.37. The minimum absolute atomic E-state index is 0.126. The monoisotopic (exact) mass is 431 g/mol. The van der Waals surface area contributed by atoms with Gasteiger partial charge < -0.3 is 19.7 Å². The molecule has 6 nitrogen and oxygen atoms in total. The number of anilines is 1. The second kappa shape index (κ2) is 10.3. The molecule has 0 unspecified atom stereocenters. The molecular formula is C26H29N3O3. The number of para-hydroxylation sites is 1. The summed E-state index contributed by atoms with van der Waals surface area (Å²) in [5.74, 6) is 1.58. The maximum absolute atomic E-state index is 13.2. The molecule has 0 saturated carbocycles. The fourth-order valence-corrected chi connectivity index (χ4v) is 4.00. The van der Waals surface area contributed by atoms with Crippen molar-refractivity contribution in [3.8, 4) is 16.9 Å². The van der Waals surface area contributed by atoms with Crippen molar-refractivity contribution < 1.29 is 14.3 Å². The smallest absolute Gasteiger partial charge is 0.253 e. The molecule has 1 aliphatic rings. The zero-order valence-corrected chi connectivity index (χ0v) is 18.6. The number of nitrogens with zero attached hydrogens (tertiary/aromatic N) is 2. The summed E-state index contributed by atoms with van der Waals surface area (Å²) in [5, 5.41) is 3.06. The maximum Gasteiger partial charge on any atom is 0.253 e. The summed E-state index contributed by atoms with van der Waals surface area (Å²) in [6.45, 7) is 5.54. The molecule has 2 heterocycles. The van der Waals surface area contributed by atoms with Crippen LogP contribution in [0.4, 0.5) is 5.82 Å². The molecule has 1 aliphatic heterocycles. The first-order valence-corrected chi connectivity index (χ1v) is 11.0. The minimum Gasteiger partial charge on any atom is -0.496 e. The van der Waals surface area contributed by atoms with Gasteiger partial charge in [-0.1, -0.05) is 42.5 Å². The predicted octanol–water partition coefficient (Wildman–Crippen LogP) is 3.87. The number of hydrogen-bond acceptors (Lipinski definition) is 5. The Hall–Kier alpha value is -3.38. The van der Waals surface area contributed by atoms with E-state index in [1.54, 1.807) is 13.3 Å². The van der Waals surface area contributed by atoms with Crippen molar-refractivity contribution in [3.63, 3.8) is 0 Å². The molecule has 0 aliphatic carbocycles. The molecule has 3 aromatic rings. The number of rotatable bonds is 7. The third kappa shape index (κ3) is 4.92. The van der Waals surface area contributed by atoms with Crippen molar-refractivity contribution in [2.45, 2.75) is 13.3 Å². The highest BCUT2D eigenvalue weighted by atomic mass is 16.5. The van der Waals surface area contributed by atoms with Crippen LogP contribution in [0.5, 0.6) is 5.75 Å². The van der Waals surface area contributed by atoms with Gasteiger partial charge in [-0.05, 0) is 47.7 Å². The SMILES string of the molecule is COc1ccccc1CCNC(=O)c1cnc(N2CCOCC2)cc1-c1ccccc1C. The average Bonchev–Trinajstić information content (AvgIpc) is 2.85. The van der Waals surface area contributed by atoms with Gasteiger partial charge in [0.15, 0.2) is 0 Å². The number of nitrogens with one attached hydrogen (secondary N) is 1. The minimum atomic E-state index is -0.126. The van der Waals surface area contributed by atoms with Crippen molar-refractivity contribution in [3.05, 3.63) is 77.5 Å². The van der Waals surface area contributed by atoms with E-state index in [1.165, 1.54) is 0 Å². The number of carbonyl (C=O) groups is 1. The first-order chi connectivity index (χ1) is 15.7. The van der Waals surface area contributed by atoms with Crippen LogP contribution in [0.3, 0.4) is 0 Å². The van der Waals surface area contributed by atoms with E-state index in [-0.39, 0.29) is 5.91 Å². The number of benzene rings is 2. The lowest BCUT2D eigenvalue weighted by molar-refractivity contribution is 0.0954. The summed E-state index contributed by atoms with van der Waals surface area (Å²) in [6, 6.07) is 18.0. The van der Waals surface area contributed by atoms with Gasteiger partial charge in [-0.15, -0.1) is 0 Å². The van der Waals surface area contributed by atoms with Gasteiger partial charge in [0.05, 0.1) is 25.9 Å². The summed E-state index contributed by atoms with van der Waals surface area (Å²) in [7, 11) is 1.66. The van der Waals surface area contributed by atoms with Gasteiger partial charge in [-0.2, -0.15) is 0 Å². The zero-order valence-electron chi connectivity index (χ0n) is 18.6. The molecule has 6 heteroatoms. The molecule has 1 fully saturated rings. The Morgan fingerprint density at radius 2 is 1.84 bits per heavy atom. The third-order valence-corrected chi connectivity index (χ3v) is 5.78. The fourth-order valence-electron chi connectivity index (χ4n) is 4.00. The van der Waals surface area contributed by atoms with Gasteiger partial charge in [0, 0.05) is 25.8 Å². The van der Waals surface area contributed by atoms with Crippen LogP contribution in [0.1, 0.15) is 21.5 Å². The number of morpholine rings is 1. The van der Waals surface area contributed by atoms with Crippen LogP contribution in [0, 0.1) is 6.92 Å². The molecule has 1 saturated heterocycles. The molecule has 0 spiro atoms. The molecule has 0 radical (unpaired) electrons. The first-order valence-electron chi connectivity index (χ1n) is 11.0. The number of carbonyl (C=O) groups excluding carboxylic acids is 1. The Kier molecular flexibility index (Phi) is 7.02. The Morgan fingerprint density at radius 3 is 2.62 bits per heavy atom. The van der Waals surface area contributed by atoms with Crippen molar-refractivity contribution in [1.82, 2.24) is 10.3 Å². The molecule has 0 bridgehead atoms. The molecule has 166 valence electrons. The van der Waals surface area contributed by atoms with E-state index < -0.39 is 0 Å². The van der Waals surface area contributed by atoms with Crippen LogP contribution in [-0.4, -0.2) is 50.8 Å². The van der Waals surface area contributed by atoms with Gasteiger partial charge in [-0.25, -0.2) is 4.98 Å². The molecule has 1 aromatic heterocycles. The van der Waals surface area contributed by atoms with E-state index >= 15 is 0 Å². The molecular weight excluding hydrogens is 402 g/mol. The number of aryl methyl sites for hydroxylation is 1.